The van der Waals surface area contributed by atoms with Crippen molar-refractivity contribution in [3.63, 3.8) is 0 Å². The lowest BCUT2D eigenvalue weighted by Gasteiger charge is -2.24. The molecule has 1 atom stereocenters. The summed E-state index contributed by atoms with van der Waals surface area (Å²) < 4.78 is 0. The van der Waals surface area contributed by atoms with Crippen molar-refractivity contribution >= 4 is 36.0 Å². The molecule has 2 aliphatic rings. The first kappa shape index (κ1) is 23.6. The summed E-state index contributed by atoms with van der Waals surface area (Å²) in [5.74, 6) is -0.303. The van der Waals surface area contributed by atoms with Gasteiger partial charge in [-0.25, -0.2) is 9.78 Å². The number of carbonyl (C=O) groups is 5. The summed E-state index contributed by atoms with van der Waals surface area (Å²) in [5.41, 5.74) is 5.58. The number of amides is 5. The van der Waals surface area contributed by atoms with E-state index in [4.69, 9.17) is 15.6 Å². The number of hydrogen-bond donors (Lipinski definition) is 2. The zero-order chi connectivity index (χ0) is 23.1. The SMILES string of the molecule is CN1C(=O)C(CC(=O)N2CCCN(c3ccc(C(N)=O)cn3)CC2)N(C)C1=O.O=CO. The van der Waals surface area contributed by atoms with Crippen LogP contribution in [0.15, 0.2) is 18.3 Å². The van der Waals surface area contributed by atoms with E-state index in [0.29, 0.717) is 25.2 Å². The summed E-state index contributed by atoms with van der Waals surface area (Å²) in [6, 6.07) is 2.24. The van der Waals surface area contributed by atoms with Gasteiger partial charge in [0.25, 0.3) is 12.4 Å². The molecule has 3 N–H and O–H groups in total. The monoisotopic (exact) mass is 434 g/mol. The van der Waals surface area contributed by atoms with Gasteiger partial charge >= 0.3 is 6.03 Å². The van der Waals surface area contributed by atoms with E-state index in [1.807, 2.05) is 4.90 Å². The lowest BCUT2D eigenvalue weighted by molar-refractivity contribution is -0.136. The van der Waals surface area contributed by atoms with Gasteiger partial charge in [-0.15, -0.1) is 0 Å². The van der Waals surface area contributed by atoms with E-state index in [1.54, 1.807) is 17.0 Å². The Hall–Kier alpha value is -3.70. The summed E-state index contributed by atoms with van der Waals surface area (Å²) in [7, 11) is 2.96. The Balaban J connectivity index is 0.00000107. The van der Waals surface area contributed by atoms with E-state index in [2.05, 4.69) is 4.98 Å². The smallest absolute Gasteiger partial charge is 0.326 e. The van der Waals surface area contributed by atoms with E-state index in [0.717, 1.165) is 23.7 Å². The number of carbonyl (C=O) groups excluding carboxylic acids is 4. The van der Waals surface area contributed by atoms with Crippen molar-refractivity contribution in [1.82, 2.24) is 19.7 Å². The normalized spacial score (nSPS) is 19.0. The number of imide groups is 1. The quantitative estimate of drug-likeness (QED) is 0.461. The van der Waals surface area contributed by atoms with Gasteiger partial charge in [-0.3, -0.25) is 24.1 Å². The molecular weight excluding hydrogens is 408 g/mol. The molecule has 0 radical (unpaired) electrons. The molecule has 5 amide bonds. The molecule has 1 aromatic rings. The van der Waals surface area contributed by atoms with E-state index in [1.165, 1.54) is 25.2 Å². The highest BCUT2D eigenvalue weighted by molar-refractivity contribution is 6.05. The molecule has 12 heteroatoms. The summed E-state index contributed by atoms with van der Waals surface area (Å²) in [6.07, 6.45) is 2.18. The number of aromatic nitrogens is 1. The molecule has 0 bridgehead atoms. The van der Waals surface area contributed by atoms with Gasteiger partial charge in [0, 0.05) is 46.5 Å². The van der Waals surface area contributed by atoms with E-state index in [9.17, 15) is 19.2 Å². The summed E-state index contributed by atoms with van der Waals surface area (Å²) >= 11 is 0. The number of urea groups is 1. The van der Waals surface area contributed by atoms with Crippen LogP contribution >= 0.6 is 0 Å². The largest absolute Gasteiger partial charge is 0.483 e. The summed E-state index contributed by atoms with van der Waals surface area (Å²) in [6.45, 7) is 2.12. The molecule has 1 aromatic heterocycles. The van der Waals surface area contributed by atoms with Crippen molar-refractivity contribution in [2.75, 3.05) is 45.2 Å². The van der Waals surface area contributed by atoms with Crippen LogP contribution in [0, 0.1) is 0 Å². The van der Waals surface area contributed by atoms with Crippen molar-refractivity contribution in [3.8, 4) is 0 Å². The number of nitrogens with two attached hydrogens (primary N) is 1. The molecule has 168 valence electrons. The van der Waals surface area contributed by atoms with E-state index < -0.39 is 18.0 Å². The van der Waals surface area contributed by atoms with Crippen molar-refractivity contribution in [3.05, 3.63) is 23.9 Å². The molecule has 2 aliphatic heterocycles. The average molecular weight is 434 g/mol. The molecule has 31 heavy (non-hydrogen) atoms. The maximum Gasteiger partial charge on any atom is 0.326 e. The van der Waals surface area contributed by atoms with Crippen molar-refractivity contribution in [2.24, 2.45) is 5.73 Å². The molecule has 3 rings (SSSR count). The van der Waals surface area contributed by atoms with Crippen LogP contribution in [0.4, 0.5) is 10.6 Å². The number of carboxylic acid groups (broad SMARTS) is 1. The second kappa shape index (κ2) is 10.4. The predicted molar refractivity (Wildman–Crippen MR) is 109 cm³/mol. The summed E-state index contributed by atoms with van der Waals surface area (Å²) in [5, 5.41) is 6.89. The number of primary amides is 1. The Morgan fingerprint density at radius 1 is 1.19 bits per heavy atom. The fourth-order valence-electron chi connectivity index (χ4n) is 3.49. The standard InChI is InChI=1S/C18H24N6O4.CH2O2/c1-21-13(17(27)22(2)18(21)28)10-15(25)24-7-3-6-23(8-9-24)14-5-4-12(11-20-14)16(19)26;2-1-3/h4-5,11,13H,3,6-10H2,1-2H3,(H2,19,26);1H,(H,2,3). The Bertz CT molecular complexity index is 845. The average Bonchev–Trinajstić information content (AvgIpc) is 2.95. The maximum atomic E-state index is 12.7. The molecule has 2 fully saturated rings. The maximum absolute atomic E-state index is 12.7. The van der Waals surface area contributed by atoms with Crippen LogP contribution in [-0.4, -0.2) is 101 Å². The fraction of sp³-hybridized carbons (Fsp3) is 0.474. The molecule has 1 unspecified atom stereocenters. The molecule has 12 nitrogen and oxygen atoms in total. The van der Waals surface area contributed by atoms with Crippen LogP contribution in [0.1, 0.15) is 23.2 Å². The molecule has 3 heterocycles. The molecule has 0 aromatic carbocycles. The highest BCUT2D eigenvalue weighted by Gasteiger charge is 2.42. The van der Waals surface area contributed by atoms with Crippen molar-refractivity contribution in [2.45, 2.75) is 18.9 Å². The van der Waals surface area contributed by atoms with Gasteiger partial charge in [0.2, 0.25) is 11.8 Å². The lowest BCUT2D eigenvalue weighted by Crippen LogP contribution is -2.41. The van der Waals surface area contributed by atoms with Crippen LogP contribution in [0.25, 0.3) is 0 Å². The highest BCUT2D eigenvalue weighted by atomic mass is 16.3. The van der Waals surface area contributed by atoms with Crippen LogP contribution < -0.4 is 10.6 Å². The Labute approximate surface area is 179 Å². The van der Waals surface area contributed by atoms with Crippen molar-refractivity contribution < 1.29 is 29.1 Å². The second-order valence-corrected chi connectivity index (χ2v) is 7.11. The first-order valence-corrected chi connectivity index (χ1v) is 9.62. The number of hydrogen-bond acceptors (Lipinski definition) is 7. The van der Waals surface area contributed by atoms with Crippen LogP contribution in [-0.2, 0) is 14.4 Å². The van der Waals surface area contributed by atoms with Crippen molar-refractivity contribution in [1.29, 1.82) is 0 Å². The van der Waals surface area contributed by atoms with Gasteiger partial charge in [0.15, 0.2) is 0 Å². The molecule has 0 spiro atoms. The minimum absolute atomic E-state index is 0.0169. The number of pyridine rings is 1. The first-order valence-electron chi connectivity index (χ1n) is 9.62. The van der Waals surface area contributed by atoms with Crippen LogP contribution in [0.3, 0.4) is 0 Å². The number of nitrogens with zero attached hydrogens (tertiary/aromatic N) is 5. The Morgan fingerprint density at radius 2 is 1.87 bits per heavy atom. The zero-order valence-corrected chi connectivity index (χ0v) is 17.4. The predicted octanol–water partition coefficient (Wildman–Crippen LogP) is -0.797. The third kappa shape index (κ3) is 5.47. The van der Waals surface area contributed by atoms with E-state index in [-0.39, 0.29) is 24.7 Å². The van der Waals surface area contributed by atoms with Gasteiger partial charge in [-0.2, -0.15) is 0 Å². The molecule has 0 saturated carbocycles. The minimum Gasteiger partial charge on any atom is -0.483 e. The first-order chi connectivity index (χ1) is 14.7. The minimum atomic E-state index is -0.743. The van der Waals surface area contributed by atoms with Gasteiger partial charge < -0.3 is 25.5 Å². The third-order valence-electron chi connectivity index (χ3n) is 5.24. The van der Waals surface area contributed by atoms with Gasteiger partial charge in [0.05, 0.1) is 12.0 Å². The number of rotatable bonds is 4. The molecular formula is C19H26N6O6. The Kier molecular flexibility index (Phi) is 7.88. The number of anilines is 1. The zero-order valence-electron chi connectivity index (χ0n) is 17.4. The highest BCUT2D eigenvalue weighted by Crippen LogP contribution is 2.19. The lowest BCUT2D eigenvalue weighted by atomic mass is 10.1. The van der Waals surface area contributed by atoms with Gasteiger partial charge in [-0.1, -0.05) is 0 Å². The fourth-order valence-corrected chi connectivity index (χ4v) is 3.49. The van der Waals surface area contributed by atoms with Crippen LogP contribution in [0.2, 0.25) is 0 Å². The molecule has 0 aliphatic carbocycles. The van der Waals surface area contributed by atoms with Crippen LogP contribution in [0.5, 0.6) is 0 Å². The Morgan fingerprint density at radius 3 is 2.39 bits per heavy atom. The van der Waals surface area contributed by atoms with E-state index >= 15 is 0 Å². The van der Waals surface area contributed by atoms with Gasteiger partial charge in [0.1, 0.15) is 11.9 Å². The molecule has 2 saturated heterocycles. The topological polar surface area (TPSA) is 157 Å². The third-order valence-corrected chi connectivity index (χ3v) is 5.24. The summed E-state index contributed by atoms with van der Waals surface area (Å²) in [4.78, 5) is 66.7. The number of likely N-dealkylation sites (N-methyl/N-ethyl adjacent to an activating group) is 2. The van der Waals surface area contributed by atoms with Gasteiger partial charge in [-0.05, 0) is 18.6 Å². The second-order valence-electron chi connectivity index (χ2n) is 7.11.